The second-order valence-corrected chi connectivity index (χ2v) is 6.95. The van der Waals surface area contributed by atoms with Crippen LogP contribution in [0, 0.1) is 0 Å². The second kappa shape index (κ2) is 6.83. The van der Waals surface area contributed by atoms with Gasteiger partial charge in [0.1, 0.15) is 12.7 Å². The minimum absolute atomic E-state index is 0.134. The number of aromatic amines is 1. The normalized spacial score (nSPS) is 18.8. The SMILES string of the molecule is O=C(CSc1n[nH]c(=O)n1C1CC1)NCC1COc2ccccc2O1. The quantitative estimate of drug-likeness (QED) is 0.743. The van der Waals surface area contributed by atoms with E-state index in [2.05, 4.69) is 15.5 Å². The van der Waals surface area contributed by atoms with Gasteiger partial charge in [-0.3, -0.25) is 9.36 Å². The zero-order chi connectivity index (χ0) is 17.2. The Bertz CT molecular complexity index is 830. The van der Waals surface area contributed by atoms with E-state index in [1.165, 1.54) is 11.8 Å². The first-order valence-electron chi connectivity index (χ1n) is 8.15. The highest BCUT2D eigenvalue weighted by Crippen LogP contribution is 2.36. The molecule has 1 aliphatic heterocycles. The minimum atomic E-state index is -0.223. The summed E-state index contributed by atoms with van der Waals surface area (Å²) >= 11 is 1.26. The largest absolute Gasteiger partial charge is 0.486 e. The van der Waals surface area contributed by atoms with Crippen LogP contribution < -0.4 is 20.5 Å². The fourth-order valence-electron chi connectivity index (χ4n) is 2.62. The number of carbonyl (C=O) groups is 1. The summed E-state index contributed by atoms with van der Waals surface area (Å²) in [6.45, 7) is 0.759. The van der Waals surface area contributed by atoms with E-state index >= 15 is 0 Å². The van der Waals surface area contributed by atoms with Crippen LogP contribution >= 0.6 is 11.8 Å². The number of carbonyl (C=O) groups excluding carboxylic acids is 1. The van der Waals surface area contributed by atoms with Crippen molar-refractivity contribution in [2.24, 2.45) is 0 Å². The van der Waals surface area contributed by atoms with Gasteiger partial charge in [0.25, 0.3) is 0 Å². The molecule has 1 saturated carbocycles. The van der Waals surface area contributed by atoms with Crippen LogP contribution in [0.3, 0.4) is 0 Å². The van der Waals surface area contributed by atoms with Crippen LogP contribution in [0.25, 0.3) is 0 Å². The van der Waals surface area contributed by atoms with E-state index in [1.54, 1.807) is 4.57 Å². The third-order valence-electron chi connectivity index (χ3n) is 4.01. The summed E-state index contributed by atoms with van der Waals surface area (Å²) in [5.41, 5.74) is -0.211. The number of ether oxygens (including phenoxy) is 2. The number of hydrogen-bond donors (Lipinski definition) is 2. The smallest absolute Gasteiger partial charge is 0.344 e. The molecule has 1 amide bonds. The molecule has 9 heteroatoms. The van der Waals surface area contributed by atoms with Crippen molar-refractivity contribution in [3.05, 3.63) is 34.7 Å². The van der Waals surface area contributed by atoms with Crippen LogP contribution in [0.4, 0.5) is 0 Å². The number of H-pyrrole nitrogens is 1. The number of thioether (sulfide) groups is 1. The van der Waals surface area contributed by atoms with Gasteiger partial charge in [-0.1, -0.05) is 23.9 Å². The highest BCUT2D eigenvalue weighted by molar-refractivity contribution is 7.99. The molecule has 25 heavy (non-hydrogen) atoms. The number of benzene rings is 1. The van der Waals surface area contributed by atoms with Crippen molar-refractivity contribution in [2.75, 3.05) is 18.9 Å². The van der Waals surface area contributed by atoms with E-state index in [9.17, 15) is 9.59 Å². The minimum Gasteiger partial charge on any atom is -0.486 e. The maximum atomic E-state index is 12.1. The van der Waals surface area contributed by atoms with Crippen LogP contribution in [0.15, 0.2) is 34.2 Å². The lowest BCUT2D eigenvalue weighted by molar-refractivity contribution is -0.119. The van der Waals surface area contributed by atoms with Crippen molar-refractivity contribution in [1.82, 2.24) is 20.1 Å². The highest BCUT2D eigenvalue weighted by atomic mass is 32.2. The number of fused-ring (bicyclic) bond motifs is 1. The van der Waals surface area contributed by atoms with E-state index in [-0.39, 0.29) is 29.5 Å². The molecule has 8 nitrogen and oxygen atoms in total. The molecular formula is C16H18N4O4S. The van der Waals surface area contributed by atoms with Gasteiger partial charge in [0, 0.05) is 6.04 Å². The summed E-state index contributed by atoms with van der Waals surface area (Å²) in [7, 11) is 0. The lowest BCUT2D eigenvalue weighted by Crippen LogP contribution is -2.41. The van der Waals surface area contributed by atoms with E-state index in [0.717, 1.165) is 18.6 Å². The van der Waals surface area contributed by atoms with Gasteiger partial charge in [-0.05, 0) is 25.0 Å². The molecule has 2 N–H and O–H groups in total. The van der Waals surface area contributed by atoms with Gasteiger partial charge in [0.05, 0.1) is 12.3 Å². The van der Waals surface area contributed by atoms with Crippen molar-refractivity contribution in [2.45, 2.75) is 30.1 Å². The number of aromatic nitrogens is 3. The average molecular weight is 362 g/mol. The number of amides is 1. The third-order valence-corrected chi connectivity index (χ3v) is 4.96. The Morgan fingerprint density at radius 1 is 1.36 bits per heavy atom. The maximum absolute atomic E-state index is 12.1. The van der Waals surface area contributed by atoms with Crippen LogP contribution in [0.1, 0.15) is 18.9 Å². The Hall–Kier alpha value is -2.42. The molecule has 1 aromatic heterocycles. The standard InChI is InChI=1S/C16H18N4O4S/c21-14(9-25-16-19-18-15(22)20(16)10-5-6-10)17-7-11-8-23-12-3-1-2-4-13(12)24-11/h1-4,10-11H,5-9H2,(H,17,21)(H,18,22). The molecule has 132 valence electrons. The molecule has 1 fully saturated rings. The van der Waals surface area contributed by atoms with Gasteiger partial charge >= 0.3 is 5.69 Å². The molecule has 2 heterocycles. The summed E-state index contributed by atoms with van der Waals surface area (Å²) in [6.07, 6.45) is 1.75. The molecular weight excluding hydrogens is 344 g/mol. The Kier molecular flexibility index (Phi) is 4.39. The Balaban J connectivity index is 1.26. The molecule has 0 bridgehead atoms. The lowest BCUT2D eigenvalue weighted by atomic mass is 10.2. The van der Waals surface area contributed by atoms with Crippen molar-refractivity contribution < 1.29 is 14.3 Å². The third kappa shape index (κ3) is 3.65. The monoisotopic (exact) mass is 362 g/mol. The van der Waals surface area contributed by atoms with Crippen molar-refractivity contribution in [3.8, 4) is 11.5 Å². The van der Waals surface area contributed by atoms with Crippen LogP contribution in [-0.2, 0) is 4.79 Å². The molecule has 1 unspecified atom stereocenters. The number of rotatable bonds is 6. The van der Waals surface area contributed by atoms with Gasteiger partial charge < -0.3 is 14.8 Å². The number of nitrogens with zero attached hydrogens (tertiary/aromatic N) is 2. The van der Waals surface area contributed by atoms with Crippen molar-refractivity contribution >= 4 is 17.7 Å². The van der Waals surface area contributed by atoms with Crippen molar-refractivity contribution in [1.29, 1.82) is 0 Å². The topological polar surface area (TPSA) is 98.2 Å². The summed E-state index contributed by atoms with van der Waals surface area (Å²) in [5, 5.41) is 9.83. The van der Waals surface area contributed by atoms with E-state index in [4.69, 9.17) is 9.47 Å². The fourth-order valence-corrected chi connectivity index (χ4v) is 3.46. The number of para-hydroxylation sites is 2. The van der Waals surface area contributed by atoms with Crippen LogP contribution in [0.5, 0.6) is 11.5 Å². The Labute approximate surface area is 147 Å². The van der Waals surface area contributed by atoms with Crippen LogP contribution in [0.2, 0.25) is 0 Å². The highest BCUT2D eigenvalue weighted by Gasteiger charge is 2.29. The Morgan fingerprint density at radius 3 is 2.96 bits per heavy atom. The zero-order valence-corrected chi connectivity index (χ0v) is 14.3. The van der Waals surface area contributed by atoms with Gasteiger partial charge in [-0.2, -0.15) is 0 Å². The van der Waals surface area contributed by atoms with Crippen molar-refractivity contribution in [3.63, 3.8) is 0 Å². The molecule has 0 spiro atoms. The van der Waals surface area contributed by atoms with Gasteiger partial charge in [-0.25, -0.2) is 9.89 Å². The number of nitrogens with one attached hydrogen (secondary N) is 2. The maximum Gasteiger partial charge on any atom is 0.344 e. The Morgan fingerprint density at radius 2 is 2.16 bits per heavy atom. The zero-order valence-electron chi connectivity index (χ0n) is 13.4. The first-order chi connectivity index (χ1) is 12.2. The van der Waals surface area contributed by atoms with E-state index in [1.807, 2.05) is 24.3 Å². The average Bonchev–Trinajstić information content (AvgIpc) is 3.40. The van der Waals surface area contributed by atoms with E-state index < -0.39 is 0 Å². The molecule has 2 aliphatic rings. The molecule has 4 rings (SSSR count). The summed E-state index contributed by atoms with van der Waals surface area (Å²) in [5.74, 6) is 1.47. The van der Waals surface area contributed by atoms with Crippen LogP contribution in [-0.4, -0.2) is 45.7 Å². The molecule has 2 aromatic rings. The number of hydrogen-bond acceptors (Lipinski definition) is 6. The van der Waals surface area contributed by atoms with E-state index in [0.29, 0.717) is 24.1 Å². The van der Waals surface area contributed by atoms with Gasteiger partial charge in [-0.15, -0.1) is 5.10 Å². The second-order valence-electron chi connectivity index (χ2n) is 6.00. The fraction of sp³-hybridized carbons (Fsp3) is 0.438. The first kappa shape index (κ1) is 16.1. The first-order valence-corrected chi connectivity index (χ1v) is 9.14. The summed E-state index contributed by atoms with van der Waals surface area (Å²) in [6, 6.07) is 7.68. The molecule has 0 saturated heterocycles. The predicted octanol–water partition coefficient (Wildman–Crippen LogP) is 0.955. The molecule has 1 atom stereocenters. The van der Waals surface area contributed by atoms with Gasteiger partial charge in [0.15, 0.2) is 16.7 Å². The summed E-state index contributed by atoms with van der Waals surface area (Å²) < 4.78 is 13.0. The van der Waals surface area contributed by atoms with Gasteiger partial charge in [0.2, 0.25) is 5.91 Å². The summed E-state index contributed by atoms with van der Waals surface area (Å²) in [4.78, 5) is 23.8. The molecule has 1 aliphatic carbocycles. The predicted molar refractivity (Wildman–Crippen MR) is 91.2 cm³/mol. The molecule has 1 aromatic carbocycles. The lowest BCUT2D eigenvalue weighted by Gasteiger charge is -2.26. The molecule has 0 radical (unpaired) electrons.